The second-order valence-electron chi connectivity index (χ2n) is 9.01. The van der Waals surface area contributed by atoms with Gasteiger partial charge in [0, 0.05) is 48.5 Å². The molecule has 1 saturated heterocycles. The molecule has 0 radical (unpaired) electrons. The lowest BCUT2D eigenvalue weighted by Gasteiger charge is -2.32. The van der Waals surface area contributed by atoms with E-state index < -0.39 is 0 Å². The summed E-state index contributed by atoms with van der Waals surface area (Å²) in [4.78, 5) is 39.5. The number of methoxy groups -OCH3 is 1. The zero-order valence-corrected chi connectivity index (χ0v) is 20.3. The van der Waals surface area contributed by atoms with Crippen molar-refractivity contribution in [2.75, 3.05) is 37.1 Å². The lowest BCUT2D eigenvalue weighted by molar-refractivity contribution is -0.130. The molecule has 9 heteroatoms. The van der Waals surface area contributed by atoms with Gasteiger partial charge in [-0.25, -0.2) is 9.97 Å². The maximum atomic E-state index is 12.4. The molecule has 3 aromatic rings. The molecule has 1 aliphatic carbocycles. The van der Waals surface area contributed by atoms with Crippen molar-refractivity contribution < 1.29 is 19.1 Å². The van der Waals surface area contributed by atoms with Crippen LogP contribution in [0.25, 0.3) is 10.8 Å². The number of amides is 2. The van der Waals surface area contributed by atoms with Crippen LogP contribution in [0.4, 0.5) is 11.5 Å². The Bertz CT molecular complexity index is 1360. The Balaban J connectivity index is 1.35. The van der Waals surface area contributed by atoms with E-state index in [1.54, 1.807) is 36.7 Å². The molecule has 1 unspecified atom stereocenters. The fourth-order valence-corrected chi connectivity index (χ4v) is 4.06. The van der Waals surface area contributed by atoms with E-state index in [1.165, 1.54) is 0 Å². The Hall–Kier alpha value is -3.87. The molecule has 36 heavy (non-hydrogen) atoms. The minimum atomic E-state index is -0.0975. The number of anilines is 2. The predicted octanol–water partition coefficient (Wildman–Crippen LogP) is 2.85. The van der Waals surface area contributed by atoms with Crippen LogP contribution in [0.5, 0.6) is 0 Å². The van der Waals surface area contributed by atoms with Crippen LogP contribution in [0, 0.1) is 24.7 Å². The molecular formula is C27H27N5O4. The zero-order valence-electron chi connectivity index (χ0n) is 20.3. The quantitative estimate of drug-likeness (QED) is 0.535. The van der Waals surface area contributed by atoms with Crippen molar-refractivity contribution in [2.24, 2.45) is 5.92 Å². The van der Waals surface area contributed by atoms with Gasteiger partial charge < -0.3 is 19.7 Å². The van der Waals surface area contributed by atoms with Crippen molar-refractivity contribution in [3.63, 3.8) is 0 Å². The average molecular weight is 486 g/mol. The molecule has 184 valence electrons. The lowest BCUT2D eigenvalue weighted by atomic mass is 10.1. The summed E-state index contributed by atoms with van der Waals surface area (Å²) in [6.07, 6.45) is 7.60. The summed E-state index contributed by atoms with van der Waals surface area (Å²) >= 11 is 0. The lowest BCUT2D eigenvalue weighted by Crippen LogP contribution is -2.47. The number of ether oxygens (including phenoxy) is 2. The standard InChI is InChI=1S/C27H27N5O4/c1-17-24-14-30-25(31-27(34)18-3-4-18)11-23(24)19(12-28-17)5-6-20-7-8-21(13-29-20)32-15-22(9-10-35-2)36-16-26(32)33/h7-8,11-14,18,22H,3-4,9-10,15-16H2,1-2H3,(H,30,31,34). The molecule has 5 rings (SSSR count). The van der Waals surface area contributed by atoms with Gasteiger partial charge in [-0.1, -0.05) is 5.92 Å². The Morgan fingerprint density at radius 2 is 2.03 bits per heavy atom. The summed E-state index contributed by atoms with van der Waals surface area (Å²) in [5, 5.41) is 4.64. The fraction of sp³-hybridized carbons (Fsp3) is 0.370. The number of aromatic nitrogens is 3. The highest BCUT2D eigenvalue weighted by molar-refractivity contribution is 5.97. The first-order chi connectivity index (χ1) is 17.5. The minimum absolute atomic E-state index is 0.00770. The molecule has 0 aromatic carbocycles. The summed E-state index contributed by atoms with van der Waals surface area (Å²) in [5.41, 5.74) is 2.83. The van der Waals surface area contributed by atoms with E-state index in [0.717, 1.165) is 41.3 Å². The topological polar surface area (TPSA) is 107 Å². The molecule has 1 aliphatic heterocycles. The van der Waals surface area contributed by atoms with Gasteiger partial charge in [-0.3, -0.25) is 14.6 Å². The predicted molar refractivity (Wildman–Crippen MR) is 134 cm³/mol. The number of morpholine rings is 1. The number of carbonyl (C=O) groups is 2. The molecule has 0 bridgehead atoms. The molecule has 3 aromatic heterocycles. The molecule has 0 spiro atoms. The number of nitrogens with zero attached hydrogens (tertiary/aromatic N) is 4. The van der Waals surface area contributed by atoms with Gasteiger partial charge in [0.05, 0.1) is 30.1 Å². The third kappa shape index (κ3) is 5.35. The first-order valence-corrected chi connectivity index (χ1v) is 12.0. The molecule has 4 heterocycles. The van der Waals surface area contributed by atoms with Crippen LogP contribution in [0.3, 0.4) is 0 Å². The van der Waals surface area contributed by atoms with Gasteiger partial charge in [0.25, 0.3) is 5.91 Å². The molecule has 9 nitrogen and oxygen atoms in total. The summed E-state index contributed by atoms with van der Waals surface area (Å²) < 4.78 is 10.7. The smallest absolute Gasteiger partial charge is 0.253 e. The van der Waals surface area contributed by atoms with Gasteiger partial charge in [0.1, 0.15) is 18.1 Å². The van der Waals surface area contributed by atoms with E-state index in [4.69, 9.17) is 9.47 Å². The molecule has 2 aliphatic rings. The Morgan fingerprint density at radius 1 is 1.17 bits per heavy atom. The number of hydrogen-bond donors (Lipinski definition) is 1. The van der Waals surface area contributed by atoms with Gasteiger partial charge >= 0.3 is 0 Å². The fourth-order valence-electron chi connectivity index (χ4n) is 4.06. The van der Waals surface area contributed by atoms with Crippen LogP contribution in [0.15, 0.2) is 36.8 Å². The maximum Gasteiger partial charge on any atom is 0.253 e. The zero-order chi connectivity index (χ0) is 25.1. The van der Waals surface area contributed by atoms with E-state index in [9.17, 15) is 9.59 Å². The van der Waals surface area contributed by atoms with Crippen LogP contribution in [-0.4, -0.2) is 59.7 Å². The maximum absolute atomic E-state index is 12.4. The normalized spacial score (nSPS) is 17.6. The molecule has 1 N–H and O–H groups in total. The molecule has 1 saturated carbocycles. The van der Waals surface area contributed by atoms with Crippen LogP contribution in [-0.2, 0) is 19.1 Å². The highest BCUT2D eigenvalue weighted by Crippen LogP contribution is 2.30. The van der Waals surface area contributed by atoms with E-state index in [1.807, 2.05) is 19.1 Å². The second-order valence-corrected chi connectivity index (χ2v) is 9.01. The summed E-state index contributed by atoms with van der Waals surface area (Å²) in [5.74, 6) is 6.76. The molecule has 1 atom stereocenters. The van der Waals surface area contributed by atoms with Crippen molar-refractivity contribution in [3.05, 3.63) is 53.7 Å². The Kier molecular flexibility index (Phi) is 6.89. The highest BCUT2D eigenvalue weighted by Gasteiger charge is 2.30. The largest absolute Gasteiger partial charge is 0.385 e. The van der Waals surface area contributed by atoms with Gasteiger partial charge in [-0.15, -0.1) is 0 Å². The van der Waals surface area contributed by atoms with Gasteiger partial charge in [0.15, 0.2) is 0 Å². The first-order valence-electron chi connectivity index (χ1n) is 12.0. The van der Waals surface area contributed by atoms with Crippen LogP contribution in [0.2, 0.25) is 0 Å². The van der Waals surface area contributed by atoms with Crippen molar-refractivity contribution in [3.8, 4) is 11.8 Å². The summed E-state index contributed by atoms with van der Waals surface area (Å²) in [6.45, 7) is 2.99. The number of nitrogens with one attached hydrogen (secondary N) is 1. The third-order valence-corrected chi connectivity index (χ3v) is 6.33. The number of aryl methyl sites for hydroxylation is 1. The van der Waals surface area contributed by atoms with E-state index in [0.29, 0.717) is 30.4 Å². The number of fused-ring (bicyclic) bond motifs is 1. The number of rotatable bonds is 6. The van der Waals surface area contributed by atoms with Crippen molar-refractivity contribution >= 4 is 34.1 Å². The Labute approximate surface area is 209 Å². The molecular weight excluding hydrogens is 458 g/mol. The number of hydrogen-bond acceptors (Lipinski definition) is 7. The Morgan fingerprint density at radius 3 is 2.78 bits per heavy atom. The van der Waals surface area contributed by atoms with Crippen molar-refractivity contribution in [1.82, 2.24) is 15.0 Å². The number of carbonyl (C=O) groups excluding carboxylic acids is 2. The number of pyridine rings is 3. The molecule has 2 fully saturated rings. The monoisotopic (exact) mass is 485 g/mol. The van der Waals surface area contributed by atoms with Crippen molar-refractivity contribution in [2.45, 2.75) is 32.3 Å². The van der Waals surface area contributed by atoms with Crippen LogP contribution < -0.4 is 10.2 Å². The van der Waals surface area contributed by atoms with Crippen LogP contribution in [0.1, 0.15) is 36.2 Å². The van der Waals surface area contributed by atoms with Gasteiger partial charge in [-0.2, -0.15) is 0 Å². The average Bonchev–Trinajstić information content (AvgIpc) is 3.74. The van der Waals surface area contributed by atoms with E-state index in [2.05, 4.69) is 32.1 Å². The second kappa shape index (κ2) is 10.4. The van der Waals surface area contributed by atoms with Gasteiger partial charge in [-0.05, 0) is 50.3 Å². The van der Waals surface area contributed by atoms with E-state index >= 15 is 0 Å². The third-order valence-electron chi connectivity index (χ3n) is 6.33. The van der Waals surface area contributed by atoms with E-state index in [-0.39, 0.29) is 30.4 Å². The summed E-state index contributed by atoms with van der Waals surface area (Å²) in [6, 6.07) is 5.48. The van der Waals surface area contributed by atoms with Crippen LogP contribution >= 0.6 is 0 Å². The van der Waals surface area contributed by atoms with Crippen molar-refractivity contribution in [1.29, 1.82) is 0 Å². The molecule has 2 amide bonds. The highest BCUT2D eigenvalue weighted by atomic mass is 16.5. The SMILES string of the molecule is COCCC1CN(c2ccc(C#Cc3cnc(C)c4cnc(NC(=O)C5CC5)cc34)nc2)C(=O)CO1. The summed E-state index contributed by atoms with van der Waals surface area (Å²) in [7, 11) is 1.65. The first kappa shape index (κ1) is 23.9. The minimum Gasteiger partial charge on any atom is -0.385 e. The van der Waals surface area contributed by atoms with Gasteiger partial charge in [0.2, 0.25) is 5.91 Å².